The molecule has 1 aliphatic heterocycles. The highest BCUT2D eigenvalue weighted by atomic mass is 19.4. The van der Waals surface area contributed by atoms with Crippen LogP contribution in [0.25, 0.3) is 0 Å². The summed E-state index contributed by atoms with van der Waals surface area (Å²) in [5.74, 6) is -0.0527. The number of aryl methyl sites for hydroxylation is 1. The molecule has 0 unspecified atom stereocenters. The van der Waals surface area contributed by atoms with Crippen molar-refractivity contribution >= 4 is 5.91 Å². The van der Waals surface area contributed by atoms with Gasteiger partial charge in [-0.15, -0.1) is 0 Å². The Kier molecular flexibility index (Phi) is 5.31. The number of hydrogen-bond donors (Lipinski definition) is 0. The normalized spacial score (nSPS) is 16.1. The molecule has 0 aliphatic carbocycles. The second kappa shape index (κ2) is 7.49. The second-order valence-corrected chi connectivity index (χ2v) is 6.30. The van der Waals surface area contributed by atoms with Crippen LogP contribution in [-0.2, 0) is 19.3 Å². The molecule has 1 amide bonds. The predicted molar refractivity (Wildman–Crippen MR) is 90.5 cm³/mol. The van der Waals surface area contributed by atoms with Crippen LogP contribution in [0.1, 0.15) is 28.5 Å². The molecule has 0 radical (unpaired) electrons. The molecule has 140 valence electrons. The van der Waals surface area contributed by atoms with Gasteiger partial charge in [0.1, 0.15) is 5.69 Å². The van der Waals surface area contributed by atoms with Gasteiger partial charge in [-0.1, -0.05) is 18.2 Å². The third-order valence-corrected chi connectivity index (χ3v) is 4.56. The molecule has 8 heteroatoms. The summed E-state index contributed by atoms with van der Waals surface area (Å²) in [5.41, 5.74) is 0.569. The zero-order valence-corrected chi connectivity index (χ0v) is 14.5. The standard InChI is InChI=1S/C18H21F3N4O/c1-2-25-16(6-7-22-25)17(26)24-10-8-23(9-11-24)13-14-4-3-5-15(12-14)18(19,20)21/h3-7,12H,2,8-11,13H2,1H3. The average Bonchev–Trinajstić information content (AvgIpc) is 3.10. The van der Waals surface area contributed by atoms with E-state index in [1.165, 1.54) is 12.1 Å². The molecule has 0 bridgehead atoms. The number of hydrogen-bond acceptors (Lipinski definition) is 3. The number of amides is 1. The van der Waals surface area contributed by atoms with E-state index in [0.29, 0.717) is 50.5 Å². The fourth-order valence-electron chi connectivity index (χ4n) is 3.14. The summed E-state index contributed by atoms with van der Waals surface area (Å²) in [6.45, 7) is 5.35. The maximum absolute atomic E-state index is 12.8. The molecule has 1 saturated heterocycles. The molecule has 0 atom stereocenters. The molecular formula is C18H21F3N4O. The first-order valence-corrected chi connectivity index (χ1v) is 8.58. The summed E-state index contributed by atoms with van der Waals surface area (Å²) >= 11 is 0. The van der Waals surface area contributed by atoms with E-state index in [2.05, 4.69) is 10.00 Å². The highest BCUT2D eigenvalue weighted by molar-refractivity contribution is 5.92. The van der Waals surface area contributed by atoms with Crippen molar-refractivity contribution < 1.29 is 18.0 Å². The molecule has 1 aliphatic rings. The number of aromatic nitrogens is 2. The van der Waals surface area contributed by atoms with Gasteiger partial charge < -0.3 is 4.90 Å². The van der Waals surface area contributed by atoms with Crippen molar-refractivity contribution in [3.05, 3.63) is 53.3 Å². The summed E-state index contributed by atoms with van der Waals surface area (Å²) in [4.78, 5) is 16.4. The zero-order valence-electron chi connectivity index (χ0n) is 14.5. The predicted octanol–water partition coefficient (Wildman–Crippen LogP) is 2.88. The van der Waals surface area contributed by atoms with Crippen LogP contribution in [-0.4, -0.2) is 51.7 Å². The fraction of sp³-hybridized carbons (Fsp3) is 0.444. The van der Waals surface area contributed by atoms with Crippen molar-refractivity contribution in [3.63, 3.8) is 0 Å². The minimum absolute atomic E-state index is 0.0527. The minimum atomic E-state index is -4.33. The number of piperazine rings is 1. The van der Waals surface area contributed by atoms with E-state index in [0.717, 1.165) is 6.07 Å². The molecule has 2 aromatic rings. The molecule has 0 N–H and O–H groups in total. The van der Waals surface area contributed by atoms with Gasteiger partial charge in [-0.05, 0) is 24.6 Å². The lowest BCUT2D eigenvalue weighted by molar-refractivity contribution is -0.137. The Bertz CT molecular complexity index is 764. The monoisotopic (exact) mass is 366 g/mol. The Hall–Kier alpha value is -2.35. The third-order valence-electron chi connectivity index (χ3n) is 4.56. The summed E-state index contributed by atoms with van der Waals surface area (Å²) in [6.07, 6.45) is -2.72. The summed E-state index contributed by atoms with van der Waals surface area (Å²) in [7, 11) is 0. The van der Waals surface area contributed by atoms with Crippen LogP contribution in [0, 0.1) is 0 Å². The molecule has 1 aromatic carbocycles. The molecular weight excluding hydrogens is 345 g/mol. The van der Waals surface area contributed by atoms with E-state index in [1.807, 2.05) is 6.92 Å². The highest BCUT2D eigenvalue weighted by Gasteiger charge is 2.30. The van der Waals surface area contributed by atoms with Gasteiger partial charge in [0.25, 0.3) is 5.91 Å². The molecule has 3 rings (SSSR count). The van der Waals surface area contributed by atoms with Gasteiger partial charge in [0, 0.05) is 45.5 Å². The van der Waals surface area contributed by atoms with Crippen molar-refractivity contribution in [1.82, 2.24) is 19.6 Å². The quantitative estimate of drug-likeness (QED) is 0.836. The van der Waals surface area contributed by atoms with Crippen LogP contribution >= 0.6 is 0 Å². The number of alkyl halides is 3. The van der Waals surface area contributed by atoms with Gasteiger partial charge in [-0.25, -0.2) is 0 Å². The highest BCUT2D eigenvalue weighted by Crippen LogP contribution is 2.29. The fourth-order valence-corrected chi connectivity index (χ4v) is 3.14. The van der Waals surface area contributed by atoms with Crippen LogP contribution in [0.2, 0.25) is 0 Å². The van der Waals surface area contributed by atoms with Gasteiger partial charge in [0.15, 0.2) is 0 Å². The van der Waals surface area contributed by atoms with Gasteiger partial charge in [-0.2, -0.15) is 18.3 Å². The number of rotatable bonds is 4. The number of carbonyl (C=O) groups is 1. The first-order chi connectivity index (χ1) is 12.4. The van der Waals surface area contributed by atoms with Crippen LogP contribution in [0.5, 0.6) is 0 Å². The first-order valence-electron chi connectivity index (χ1n) is 8.58. The smallest absolute Gasteiger partial charge is 0.335 e. The molecule has 5 nitrogen and oxygen atoms in total. The summed E-state index contributed by atoms with van der Waals surface area (Å²) in [5, 5.41) is 4.12. The number of nitrogens with zero attached hydrogens (tertiary/aromatic N) is 4. The molecule has 1 fully saturated rings. The summed E-state index contributed by atoms with van der Waals surface area (Å²) < 4.78 is 40.1. The second-order valence-electron chi connectivity index (χ2n) is 6.30. The van der Waals surface area contributed by atoms with Crippen LogP contribution in [0.15, 0.2) is 36.5 Å². The lowest BCUT2D eigenvalue weighted by Gasteiger charge is -2.34. The van der Waals surface area contributed by atoms with E-state index in [-0.39, 0.29) is 5.91 Å². The average molecular weight is 366 g/mol. The molecule has 2 heterocycles. The number of benzene rings is 1. The lowest BCUT2D eigenvalue weighted by Crippen LogP contribution is -2.48. The largest absolute Gasteiger partial charge is 0.416 e. The minimum Gasteiger partial charge on any atom is -0.335 e. The lowest BCUT2D eigenvalue weighted by atomic mass is 10.1. The Morgan fingerprint density at radius 3 is 2.54 bits per heavy atom. The van der Waals surface area contributed by atoms with E-state index >= 15 is 0 Å². The van der Waals surface area contributed by atoms with E-state index < -0.39 is 11.7 Å². The van der Waals surface area contributed by atoms with Crippen LogP contribution in [0.3, 0.4) is 0 Å². The molecule has 0 saturated carbocycles. The van der Waals surface area contributed by atoms with Crippen molar-refractivity contribution in [2.24, 2.45) is 0 Å². The van der Waals surface area contributed by atoms with Crippen molar-refractivity contribution in [2.45, 2.75) is 26.2 Å². The van der Waals surface area contributed by atoms with Crippen molar-refractivity contribution in [3.8, 4) is 0 Å². The Morgan fingerprint density at radius 2 is 1.88 bits per heavy atom. The topological polar surface area (TPSA) is 41.4 Å². The third kappa shape index (κ3) is 4.07. The maximum Gasteiger partial charge on any atom is 0.416 e. The summed E-state index contributed by atoms with van der Waals surface area (Å²) in [6, 6.07) is 7.12. The molecule has 0 spiro atoms. The van der Waals surface area contributed by atoms with E-state index in [4.69, 9.17) is 0 Å². The van der Waals surface area contributed by atoms with Gasteiger partial charge in [-0.3, -0.25) is 14.4 Å². The zero-order chi connectivity index (χ0) is 18.7. The Labute approximate surface area is 150 Å². The Morgan fingerprint density at radius 1 is 1.15 bits per heavy atom. The van der Waals surface area contributed by atoms with Gasteiger partial charge >= 0.3 is 6.18 Å². The van der Waals surface area contributed by atoms with Gasteiger partial charge in [0.05, 0.1) is 5.56 Å². The van der Waals surface area contributed by atoms with Crippen LogP contribution in [0.4, 0.5) is 13.2 Å². The first kappa shape index (κ1) is 18.4. The number of halogens is 3. The Balaban J connectivity index is 1.58. The SMILES string of the molecule is CCn1nccc1C(=O)N1CCN(Cc2cccc(C(F)(F)F)c2)CC1. The number of carbonyl (C=O) groups excluding carboxylic acids is 1. The molecule has 26 heavy (non-hydrogen) atoms. The van der Waals surface area contributed by atoms with Crippen molar-refractivity contribution in [1.29, 1.82) is 0 Å². The molecule has 1 aromatic heterocycles. The van der Waals surface area contributed by atoms with E-state index in [9.17, 15) is 18.0 Å². The van der Waals surface area contributed by atoms with Crippen molar-refractivity contribution in [2.75, 3.05) is 26.2 Å². The van der Waals surface area contributed by atoms with E-state index in [1.54, 1.807) is 27.9 Å². The van der Waals surface area contributed by atoms with Crippen LogP contribution < -0.4 is 0 Å². The van der Waals surface area contributed by atoms with Gasteiger partial charge in [0.2, 0.25) is 0 Å². The maximum atomic E-state index is 12.8.